The van der Waals surface area contributed by atoms with Crippen molar-refractivity contribution in [2.75, 3.05) is 20.8 Å². The van der Waals surface area contributed by atoms with Crippen molar-refractivity contribution < 1.29 is 23.8 Å². The van der Waals surface area contributed by atoms with Crippen LogP contribution in [-0.4, -0.2) is 49.6 Å². The highest BCUT2D eigenvalue weighted by Gasteiger charge is 2.29. The van der Waals surface area contributed by atoms with Crippen molar-refractivity contribution in [3.63, 3.8) is 0 Å². The number of carbonyl (C=O) groups is 2. The lowest BCUT2D eigenvalue weighted by Gasteiger charge is -2.31. The minimum atomic E-state index is -0.683. The van der Waals surface area contributed by atoms with Crippen LogP contribution >= 0.6 is 23.2 Å². The molecule has 2 aromatic rings. The third-order valence-electron chi connectivity index (χ3n) is 4.84. The third-order valence-corrected chi connectivity index (χ3v) is 5.58. The number of ether oxygens (including phenoxy) is 3. The molecule has 0 saturated carbocycles. The molecule has 0 aliphatic rings. The molecule has 0 radical (unpaired) electrons. The number of hydrogen-bond acceptors (Lipinski definition) is 5. The molecule has 0 saturated heterocycles. The average Bonchev–Trinajstić information content (AvgIpc) is 2.78. The van der Waals surface area contributed by atoms with Crippen molar-refractivity contribution in [1.82, 2.24) is 10.2 Å². The van der Waals surface area contributed by atoms with Crippen molar-refractivity contribution >= 4 is 35.0 Å². The number of amides is 2. The molecule has 2 amide bonds. The van der Waals surface area contributed by atoms with Gasteiger partial charge < -0.3 is 24.4 Å². The lowest BCUT2D eigenvalue weighted by Crippen LogP contribution is -2.51. The number of nitrogens with zero attached hydrogens (tertiary/aromatic N) is 1. The standard InChI is InChI=1S/C24H30Cl2N2O5/c1-6-22(24(30)27-15(2)3)28(13-16-7-8-20(25)21(26)9-16)23(29)14-33-19-11-17(31-4)10-18(12-19)32-5/h7-12,15,22H,6,13-14H2,1-5H3,(H,27,30)/t22-/m0/s1. The summed E-state index contributed by atoms with van der Waals surface area (Å²) in [5, 5.41) is 3.68. The highest BCUT2D eigenvalue weighted by atomic mass is 35.5. The van der Waals surface area contributed by atoms with E-state index in [1.165, 1.54) is 19.1 Å². The second kappa shape index (κ2) is 12.6. The smallest absolute Gasteiger partial charge is 0.261 e. The second-order valence-electron chi connectivity index (χ2n) is 7.69. The first-order chi connectivity index (χ1) is 15.7. The molecule has 0 bridgehead atoms. The molecule has 1 N–H and O–H groups in total. The number of rotatable bonds is 11. The van der Waals surface area contributed by atoms with Crippen molar-refractivity contribution in [2.45, 2.75) is 45.8 Å². The fraction of sp³-hybridized carbons (Fsp3) is 0.417. The summed E-state index contributed by atoms with van der Waals surface area (Å²) in [5.41, 5.74) is 0.747. The van der Waals surface area contributed by atoms with Gasteiger partial charge in [0, 0.05) is 30.8 Å². The van der Waals surface area contributed by atoms with Gasteiger partial charge in [0.15, 0.2) is 6.61 Å². The van der Waals surface area contributed by atoms with Gasteiger partial charge in [0.05, 0.1) is 24.3 Å². The van der Waals surface area contributed by atoms with Crippen LogP contribution in [-0.2, 0) is 16.1 Å². The van der Waals surface area contributed by atoms with Crippen LogP contribution in [0.4, 0.5) is 0 Å². The van der Waals surface area contributed by atoms with Gasteiger partial charge in [-0.2, -0.15) is 0 Å². The first-order valence-corrected chi connectivity index (χ1v) is 11.3. The van der Waals surface area contributed by atoms with Crippen LogP contribution in [0.25, 0.3) is 0 Å². The number of benzene rings is 2. The Kier molecular flexibility index (Phi) is 10.1. The van der Waals surface area contributed by atoms with Crippen LogP contribution in [0.5, 0.6) is 17.2 Å². The molecule has 0 fully saturated rings. The van der Waals surface area contributed by atoms with Gasteiger partial charge in [0.2, 0.25) is 5.91 Å². The third kappa shape index (κ3) is 7.72. The topological polar surface area (TPSA) is 77.1 Å². The van der Waals surface area contributed by atoms with E-state index in [1.54, 1.807) is 36.4 Å². The molecule has 9 heteroatoms. The Labute approximate surface area is 204 Å². The molecule has 1 atom stereocenters. The summed E-state index contributed by atoms with van der Waals surface area (Å²) in [6.45, 7) is 5.49. The monoisotopic (exact) mass is 496 g/mol. The Balaban J connectivity index is 2.28. The first-order valence-electron chi connectivity index (χ1n) is 10.6. The van der Waals surface area contributed by atoms with Crippen molar-refractivity contribution in [3.8, 4) is 17.2 Å². The van der Waals surface area contributed by atoms with Gasteiger partial charge >= 0.3 is 0 Å². The van der Waals surface area contributed by atoms with Crippen LogP contribution in [0.1, 0.15) is 32.8 Å². The van der Waals surface area contributed by atoms with Crippen LogP contribution in [0, 0.1) is 0 Å². The highest BCUT2D eigenvalue weighted by molar-refractivity contribution is 6.42. The minimum Gasteiger partial charge on any atom is -0.496 e. The Morgan fingerprint density at radius 2 is 1.58 bits per heavy atom. The molecule has 180 valence electrons. The average molecular weight is 497 g/mol. The number of hydrogen-bond donors (Lipinski definition) is 1. The Morgan fingerprint density at radius 1 is 0.970 bits per heavy atom. The lowest BCUT2D eigenvalue weighted by molar-refractivity contribution is -0.143. The van der Waals surface area contributed by atoms with Crippen LogP contribution in [0.3, 0.4) is 0 Å². The van der Waals surface area contributed by atoms with Crippen molar-refractivity contribution in [3.05, 3.63) is 52.0 Å². The van der Waals surface area contributed by atoms with Gasteiger partial charge in [-0.05, 0) is 38.0 Å². The maximum absolute atomic E-state index is 13.3. The molecule has 0 spiro atoms. The molecule has 0 unspecified atom stereocenters. The van der Waals surface area contributed by atoms with Gasteiger partial charge in [-0.1, -0.05) is 36.2 Å². The molecule has 0 aliphatic heterocycles. The summed E-state index contributed by atoms with van der Waals surface area (Å²) in [7, 11) is 3.06. The molecular formula is C24H30Cl2N2O5. The normalized spacial score (nSPS) is 11.6. The molecule has 2 rings (SSSR count). The fourth-order valence-electron chi connectivity index (χ4n) is 3.23. The van der Waals surface area contributed by atoms with E-state index in [2.05, 4.69) is 5.32 Å². The zero-order chi connectivity index (χ0) is 24.5. The van der Waals surface area contributed by atoms with Gasteiger partial charge in [-0.25, -0.2) is 0 Å². The van der Waals surface area contributed by atoms with E-state index in [4.69, 9.17) is 37.4 Å². The largest absolute Gasteiger partial charge is 0.496 e. The summed E-state index contributed by atoms with van der Waals surface area (Å²) < 4.78 is 16.2. The predicted octanol–water partition coefficient (Wildman–Crippen LogP) is 4.72. The van der Waals surface area contributed by atoms with E-state index in [1.807, 2.05) is 20.8 Å². The Morgan fingerprint density at radius 3 is 2.09 bits per heavy atom. The minimum absolute atomic E-state index is 0.0611. The Bertz CT molecular complexity index is 946. The maximum atomic E-state index is 13.3. The number of carbonyl (C=O) groups excluding carboxylic acids is 2. The zero-order valence-electron chi connectivity index (χ0n) is 19.5. The van der Waals surface area contributed by atoms with E-state index in [0.717, 1.165) is 5.56 Å². The SMILES string of the molecule is CC[C@@H](C(=O)NC(C)C)N(Cc1ccc(Cl)c(Cl)c1)C(=O)COc1cc(OC)cc(OC)c1. The summed E-state index contributed by atoms with van der Waals surface area (Å²) >= 11 is 12.2. The van der Waals surface area contributed by atoms with Crippen molar-refractivity contribution in [1.29, 1.82) is 0 Å². The van der Waals surface area contributed by atoms with E-state index in [0.29, 0.717) is 33.7 Å². The first kappa shape index (κ1) is 26.6. The predicted molar refractivity (Wildman–Crippen MR) is 129 cm³/mol. The molecule has 0 heterocycles. The zero-order valence-corrected chi connectivity index (χ0v) is 21.0. The van der Waals surface area contributed by atoms with E-state index in [9.17, 15) is 9.59 Å². The maximum Gasteiger partial charge on any atom is 0.261 e. The number of methoxy groups -OCH3 is 2. The summed E-state index contributed by atoms with van der Waals surface area (Å²) in [6.07, 6.45) is 0.429. The van der Waals surface area contributed by atoms with Gasteiger partial charge in [-0.15, -0.1) is 0 Å². The summed E-state index contributed by atoms with van der Waals surface area (Å²) in [6, 6.07) is 9.39. The van der Waals surface area contributed by atoms with Crippen LogP contribution < -0.4 is 19.5 Å². The molecule has 33 heavy (non-hydrogen) atoms. The number of nitrogens with one attached hydrogen (secondary N) is 1. The number of halogens is 2. The Hall–Kier alpha value is -2.64. The van der Waals surface area contributed by atoms with Gasteiger partial charge in [0.25, 0.3) is 5.91 Å². The molecule has 7 nitrogen and oxygen atoms in total. The van der Waals surface area contributed by atoms with Crippen LogP contribution in [0.15, 0.2) is 36.4 Å². The summed E-state index contributed by atoms with van der Waals surface area (Å²) in [5.74, 6) is 0.894. The van der Waals surface area contributed by atoms with Crippen LogP contribution in [0.2, 0.25) is 10.0 Å². The molecule has 0 aliphatic carbocycles. The van der Waals surface area contributed by atoms with E-state index >= 15 is 0 Å². The molecular weight excluding hydrogens is 467 g/mol. The van der Waals surface area contributed by atoms with E-state index < -0.39 is 6.04 Å². The second-order valence-corrected chi connectivity index (χ2v) is 8.51. The lowest BCUT2D eigenvalue weighted by atomic mass is 10.1. The molecule has 0 aromatic heterocycles. The molecule has 2 aromatic carbocycles. The highest BCUT2D eigenvalue weighted by Crippen LogP contribution is 2.28. The van der Waals surface area contributed by atoms with E-state index in [-0.39, 0.29) is 31.0 Å². The van der Waals surface area contributed by atoms with Gasteiger partial charge in [0.1, 0.15) is 23.3 Å². The summed E-state index contributed by atoms with van der Waals surface area (Å²) in [4.78, 5) is 27.6. The van der Waals surface area contributed by atoms with Gasteiger partial charge in [-0.3, -0.25) is 9.59 Å². The quantitative estimate of drug-likeness (QED) is 0.486. The fourth-order valence-corrected chi connectivity index (χ4v) is 3.55. The van der Waals surface area contributed by atoms with Crippen molar-refractivity contribution in [2.24, 2.45) is 0 Å².